The highest BCUT2D eigenvalue weighted by molar-refractivity contribution is 8.00. The van der Waals surface area contributed by atoms with E-state index in [1.807, 2.05) is 6.07 Å². The van der Waals surface area contributed by atoms with Crippen molar-refractivity contribution in [1.29, 1.82) is 0 Å². The van der Waals surface area contributed by atoms with E-state index in [0.29, 0.717) is 5.65 Å². The summed E-state index contributed by atoms with van der Waals surface area (Å²) in [4.78, 5) is 11.3. The van der Waals surface area contributed by atoms with Crippen LogP contribution in [0, 0.1) is 0 Å². The molecule has 2 aromatic rings. The summed E-state index contributed by atoms with van der Waals surface area (Å²) < 4.78 is 1.35. The van der Waals surface area contributed by atoms with Gasteiger partial charge in [0, 0.05) is 4.75 Å². The van der Waals surface area contributed by atoms with E-state index in [-0.39, 0.29) is 10.4 Å². The topological polar surface area (TPSA) is 63.0 Å². The third-order valence-electron chi connectivity index (χ3n) is 1.66. The number of nitrogens with zero attached hydrogens (tertiary/aromatic N) is 3. The van der Waals surface area contributed by atoms with Crippen molar-refractivity contribution in [2.24, 2.45) is 0 Å². The first kappa shape index (κ1) is 10.2. The number of aromatic amines is 1. The zero-order chi connectivity index (χ0) is 11.1. The SMILES string of the molecule is CC(C)(C)Sc1ccc2n[nH]c(=O)n2n1. The fourth-order valence-corrected chi connectivity index (χ4v) is 2.04. The van der Waals surface area contributed by atoms with Gasteiger partial charge in [-0.3, -0.25) is 0 Å². The lowest BCUT2D eigenvalue weighted by Crippen LogP contribution is -2.14. The van der Waals surface area contributed by atoms with Gasteiger partial charge >= 0.3 is 5.69 Å². The summed E-state index contributed by atoms with van der Waals surface area (Å²) in [7, 11) is 0. The van der Waals surface area contributed by atoms with Crippen molar-refractivity contribution in [3.8, 4) is 0 Å². The lowest BCUT2D eigenvalue weighted by molar-refractivity contribution is 0.778. The van der Waals surface area contributed by atoms with Gasteiger partial charge in [0.25, 0.3) is 0 Å². The second-order valence-electron chi connectivity index (χ2n) is 4.18. The lowest BCUT2D eigenvalue weighted by Gasteiger charge is -2.16. The number of thioether (sulfide) groups is 1. The lowest BCUT2D eigenvalue weighted by atomic mass is 10.3. The Hall–Kier alpha value is -1.30. The van der Waals surface area contributed by atoms with Crippen LogP contribution in [0.25, 0.3) is 5.65 Å². The molecule has 0 saturated heterocycles. The molecule has 0 radical (unpaired) electrons. The first-order chi connectivity index (χ1) is 6.96. The minimum Gasteiger partial charge on any atom is -0.244 e. The van der Waals surface area contributed by atoms with Crippen LogP contribution in [0.4, 0.5) is 0 Å². The summed E-state index contributed by atoms with van der Waals surface area (Å²) in [5.74, 6) is 0. The van der Waals surface area contributed by atoms with Crippen LogP contribution < -0.4 is 5.69 Å². The zero-order valence-electron chi connectivity index (χ0n) is 8.81. The molecule has 1 N–H and O–H groups in total. The maximum Gasteiger partial charge on any atom is 0.364 e. The van der Waals surface area contributed by atoms with Gasteiger partial charge in [0.15, 0.2) is 5.65 Å². The van der Waals surface area contributed by atoms with E-state index in [1.54, 1.807) is 17.8 Å². The van der Waals surface area contributed by atoms with Gasteiger partial charge in [0.2, 0.25) is 0 Å². The summed E-state index contributed by atoms with van der Waals surface area (Å²) in [6.07, 6.45) is 0. The summed E-state index contributed by atoms with van der Waals surface area (Å²) in [6.45, 7) is 6.30. The van der Waals surface area contributed by atoms with Crippen LogP contribution in [0.1, 0.15) is 20.8 Å². The monoisotopic (exact) mass is 224 g/mol. The third kappa shape index (κ3) is 2.20. The molecule has 80 valence electrons. The van der Waals surface area contributed by atoms with Gasteiger partial charge < -0.3 is 0 Å². The van der Waals surface area contributed by atoms with Gasteiger partial charge in [-0.25, -0.2) is 9.89 Å². The minimum atomic E-state index is -0.304. The Morgan fingerprint density at radius 1 is 1.40 bits per heavy atom. The van der Waals surface area contributed by atoms with Crippen molar-refractivity contribution in [2.75, 3.05) is 0 Å². The van der Waals surface area contributed by atoms with Crippen molar-refractivity contribution < 1.29 is 0 Å². The Kier molecular flexibility index (Phi) is 2.30. The first-order valence-corrected chi connectivity index (χ1v) is 5.41. The molecular weight excluding hydrogens is 212 g/mol. The molecule has 0 bridgehead atoms. The number of nitrogens with one attached hydrogen (secondary N) is 1. The molecule has 15 heavy (non-hydrogen) atoms. The van der Waals surface area contributed by atoms with Crippen LogP contribution in [0.5, 0.6) is 0 Å². The molecule has 0 aliphatic heterocycles. The van der Waals surface area contributed by atoms with Gasteiger partial charge in [0.05, 0.1) is 0 Å². The molecule has 6 heteroatoms. The van der Waals surface area contributed by atoms with Crippen molar-refractivity contribution in [3.05, 3.63) is 22.6 Å². The minimum absolute atomic E-state index is 0.0774. The number of H-pyrrole nitrogens is 1. The Labute approximate surface area is 90.9 Å². The number of rotatable bonds is 1. The summed E-state index contributed by atoms with van der Waals surface area (Å²) in [5.41, 5.74) is 0.236. The number of fused-ring (bicyclic) bond motifs is 1. The van der Waals surface area contributed by atoms with E-state index in [0.717, 1.165) is 5.03 Å². The van der Waals surface area contributed by atoms with Gasteiger partial charge in [-0.05, 0) is 12.1 Å². The third-order valence-corrected chi connectivity index (χ3v) is 2.70. The molecule has 0 saturated carbocycles. The summed E-state index contributed by atoms with van der Waals surface area (Å²) in [5, 5.41) is 11.2. The molecule has 0 spiro atoms. The van der Waals surface area contributed by atoms with E-state index >= 15 is 0 Å². The molecule has 2 aromatic heterocycles. The Morgan fingerprint density at radius 3 is 2.80 bits per heavy atom. The van der Waals surface area contributed by atoms with Crippen LogP contribution in [0.15, 0.2) is 22.0 Å². The summed E-state index contributed by atoms with van der Waals surface area (Å²) >= 11 is 1.62. The van der Waals surface area contributed by atoms with Crippen molar-refractivity contribution >= 4 is 17.4 Å². The molecule has 0 fully saturated rings. The number of hydrogen-bond donors (Lipinski definition) is 1. The van der Waals surface area contributed by atoms with Crippen molar-refractivity contribution in [1.82, 2.24) is 19.8 Å². The fourth-order valence-electron chi connectivity index (χ4n) is 1.15. The average Bonchev–Trinajstić information content (AvgIpc) is 2.45. The second-order valence-corrected chi connectivity index (χ2v) is 6.03. The predicted molar refractivity (Wildman–Crippen MR) is 59.2 cm³/mol. The highest BCUT2D eigenvalue weighted by Gasteiger charge is 2.14. The molecule has 2 rings (SSSR count). The van der Waals surface area contributed by atoms with Crippen LogP contribution in [-0.2, 0) is 0 Å². The standard InChI is InChI=1S/C9H12N4OS/c1-9(2,3)15-7-5-4-6-10-11-8(14)13(6)12-7/h4-5H,1-3H3,(H,11,14). The highest BCUT2D eigenvalue weighted by atomic mass is 32.2. The quantitative estimate of drug-likeness (QED) is 0.742. The largest absolute Gasteiger partial charge is 0.364 e. The number of hydrogen-bond acceptors (Lipinski definition) is 4. The highest BCUT2D eigenvalue weighted by Crippen LogP contribution is 2.29. The Balaban J connectivity index is 2.46. The Morgan fingerprint density at radius 2 is 2.13 bits per heavy atom. The van der Waals surface area contributed by atoms with Gasteiger partial charge in [-0.2, -0.15) is 14.7 Å². The van der Waals surface area contributed by atoms with Crippen LogP contribution in [0.2, 0.25) is 0 Å². The maximum atomic E-state index is 11.3. The maximum absolute atomic E-state index is 11.3. The van der Waals surface area contributed by atoms with E-state index in [1.165, 1.54) is 4.52 Å². The smallest absolute Gasteiger partial charge is 0.244 e. The molecule has 0 amide bonds. The van der Waals surface area contributed by atoms with E-state index in [2.05, 4.69) is 36.1 Å². The van der Waals surface area contributed by atoms with Crippen LogP contribution >= 0.6 is 11.8 Å². The second kappa shape index (κ2) is 3.37. The van der Waals surface area contributed by atoms with Gasteiger partial charge in [-0.1, -0.05) is 32.5 Å². The first-order valence-electron chi connectivity index (χ1n) is 4.59. The van der Waals surface area contributed by atoms with Gasteiger partial charge in [-0.15, -0.1) is 0 Å². The summed E-state index contributed by atoms with van der Waals surface area (Å²) in [6, 6.07) is 3.64. The van der Waals surface area contributed by atoms with Crippen LogP contribution in [0.3, 0.4) is 0 Å². The zero-order valence-corrected chi connectivity index (χ0v) is 9.63. The molecule has 0 aromatic carbocycles. The molecule has 0 atom stereocenters. The average molecular weight is 224 g/mol. The molecule has 0 aliphatic carbocycles. The normalized spacial score (nSPS) is 12.2. The van der Waals surface area contributed by atoms with E-state index in [4.69, 9.17) is 0 Å². The van der Waals surface area contributed by atoms with Gasteiger partial charge in [0.1, 0.15) is 5.03 Å². The molecule has 0 unspecified atom stereocenters. The molecule has 5 nitrogen and oxygen atoms in total. The number of aromatic nitrogens is 4. The Bertz CT molecular complexity index is 537. The van der Waals surface area contributed by atoms with E-state index < -0.39 is 0 Å². The van der Waals surface area contributed by atoms with E-state index in [9.17, 15) is 4.79 Å². The van der Waals surface area contributed by atoms with Crippen LogP contribution in [-0.4, -0.2) is 24.6 Å². The van der Waals surface area contributed by atoms with Crippen molar-refractivity contribution in [2.45, 2.75) is 30.5 Å². The molecule has 2 heterocycles. The fraction of sp³-hybridized carbons (Fsp3) is 0.444. The molecular formula is C9H12N4OS. The molecule has 0 aliphatic rings. The predicted octanol–water partition coefficient (Wildman–Crippen LogP) is 1.31. The van der Waals surface area contributed by atoms with Crippen molar-refractivity contribution in [3.63, 3.8) is 0 Å².